The minimum Gasteiger partial charge on any atom is -0.490 e. The molecule has 14 heteroatoms. The van der Waals surface area contributed by atoms with Crippen LogP contribution in [0.1, 0.15) is 24.8 Å². The second kappa shape index (κ2) is 13.4. The zero-order valence-electron chi connectivity index (χ0n) is 23.8. The highest BCUT2D eigenvalue weighted by molar-refractivity contribution is 5.89. The van der Waals surface area contributed by atoms with E-state index in [2.05, 4.69) is 20.1 Å². The highest BCUT2D eigenvalue weighted by atomic mass is 16.5. The van der Waals surface area contributed by atoms with E-state index < -0.39 is 18.0 Å². The van der Waals surface area contributed by atoms with Gasteiger partial charge in [0, 0.05) is 50.8 Å². The molecular weight excluding hydrogens is 574 g/mol. The Morgan fingerprint density at radius 2 is 1.80 bits per heavy atom. The number of aromatic nitrogens is 4. The fourth-order valence-electron chi connectivity index (χ4n) is 5.14. The average Bonchev–Trinajstić information content (AvgIpc) is 3.72. The number of carboxylic acids is 2. The zero-order chi connectivity index (χ0) is 31.2. The van der Waals surface area contributed by atoms with E-state index in [9.17, 15) is 19.5 Å². The van der Waals surface area contributed by atoms with E-state index in [1.54, 1.807) is 13.0 Å². The van der Waals surface area contributed by atoms with E-state index in [4.69, 9.17) is 23.8 Å². The standard InChI is InChI=1S/C26H27N5O5.C4H4O4/c1-16-28-29-25(35-16)24-13-19-22(7-4-8-23(19)36-24)34-15-18(32)14-30-11-9-17(10-12-30)31-21-6-3-2-5-20(21)27-26(31)33;5-3(6)1-2-4(7)8/h2-8,13,17-18,32H,9-12,14-15H2,1H3,(H,27,33);1-2H,(H,5,6)(H,7,8)/t18-;/m0./s1. The van der Waals surface area contributed by atoms with Crippen LogP contribution in [-0.4, -0.2) is 84.3 Å². The van der Waals surface area contributed by atoms with Crippen LogP contribution in [0, 0.1) is 6.92 Å². The number of imidazole rings is 1. The molecule has 4 heterocycles. The van der Waals surface area contributed by atoms with Gasteiger partial charge in [-0.15, -0.1) is 10.2 Å². The minimum absolute atomic E-state index is 0.0612. The molecule has 0 spiro atoms. The molecule has 44 heavy (non-hydrogen) atoms. The predicted molar refractivity (Wildman–Crippen MR) is 157 cm³/mol. The molecule has 1 aliphatic heterocycles. The number of fused-ring (bicyclic) bond motifs is 2. The van der Waals surface area contributed by atoms with Crippen molar-refractivity contribution in [2.75, 3.05) is 26.2 Å². The van der Waals surface area contributed by atoms with E-state index in [1.165, 1.54) is 0 Å². The fraction of sp³-hybridized carbons (Fsp3) is 0.300. The third-order valence-electron chi connectivity index (χ3n) is 7.07. The van der Waals surface area contributed by atoms with Crippen LogP contribution in [0.3, 0.4) is 0 Å². The Kier molecular flexibility index (Phi) is 9.21. The molecule has 14 nitrogen and oxygen atoms in total. The number of rotatable bonds is 9. The number of furan rings is 1. The summed E-state index contributed by atoms with van der Waals surface area (Å²) in [6.07, 6.45) is 2.16. The second-order valence-corrected chi connectivity index (χ2v) is 10.2. The topological polar surface area (TPSA) is 197 Å². The Balaban J connectivity index is 0.000000426. The summed E-state index contributed by atoms with van der Waals surface area (Å²) in [6.45, 7) is 3.99. The van der Waals surface area contributed by atoms with E-state index >= 15 is 0 Å². The van der Waals surface area contributed by atoms with Crippen LogP contribution in [0.2, 0.25) is 0 Å². The predicted octanol–water partition coefficient (Wildman–Crippen LogP) is 3.22. The van der Waals surface area contributed by atoms with Gasteiger partial charge >= 0.3 is 17.6 Å². The summed E-state index contributed by atoms with van der Waals surface area (Å²) in [7, 11) is 0. The monoisotopic (exact) mass is 605 g/mol. The lowest BCUT2D eigenvalue weighted by atomic mass is 10.0. The Morgan fingerprint density at radius 3 is 2.48 bits per heavy atom. The lowest BCUT2D eigenvalue weighted by molar-refractivity contribution is -0.134. The van der Waals surface area contributed by atoms with Gasteiger partial charge < -0.3 is 38.8 Å². The van der Waals surface area contributed by atoms with Gasteiger partial charge in [0.2, 0.25) is 5.89 Å². The van der Waals surface area contributed by atoms with Crippen molar-refractivity contribution in [3.8, 4) is 17.4 Å². The van der Waals surface area contributed by atoms with Crippen molar-refractivity contribution in [1.82, 2.24) is 24.6 Å². The molecule has 5 aromatic rings. The quantitative estimate of drug-likeness (QED) is 0.179. The van der Waals surface area contributed by atoms with Crippen LogP contribution >= 0.6 is 0 Å². The number of ether oxygens (including phenoxy) is 1. The number of piperidine rings is 1. The smallest absolute Gasteiger partial charge is 0.328 e. The van der Waals surface area contributed by atoms with Crippen molar-refractivity contribution >= 4 is 33.9 Å². The molecule has 0 unspecified atom stereocenters. The lowest BCUT2D eigenvalue weighted by Gasteiger charge is -2.33. The van der Waals surface area contributed by atoms with E-state index in [0.29, 0.717) is 47.6 Å². The molecule has 0 saturated carbocycles. The molecule has 0 aliphatic carbocycles. The van der Waals surface area contributed by atoms with Gasteiger partial charge in [-0.1, -0.05) is 18.2 Å². The molecule has 4 N–H and O–H groups in total. The van der Waals surface area contributed by atoms with Gasteiger partial charge in [-0.3, -0.25) is 4.57 Å². The lowest BCUT2D eigenvalue weighted by Crippen LogP contribution is -2.42. The van der Waals surface area contributed by atoms with Crippen molar-refractivity contribution in [2.45, 2.75) is 31.9 Å². The molecule has 2 aromatic carbocycles. The fourth-order valence-corrected chi connectivity index (χ4v) is 5.14. The third kappa shape index (κ3) is 7.22. The van der Waals surface area contributed by atoms with Crippen molar-refractivity contribution < 1.29 is 38.5 Å². The maximum absolute atomic E-state index is 12.5. The van der Waals surface area contributed by atoms with Crippen LogP contribution in [0.25, 0.3) is 33.7 Å². The van der Waals surface area contributed by atoms with Gasteiger partial charge in [0.05, 0.1) is 16.4 Å². The number of H-pyrrole nitrogens is 1. The summed E-state index contributed by atoms with van der Waals surface area (Å²) >= 11 is 0. The Labute approximate surface area is 249 Å². The van der Waals surface area contributed by atoms with Gasteiger partial charge in [0.25, 0.3) is 5.89 Å². The van der Waals surface area contributed by atoms with E-state index in [-0.39, 0.29) is 18.3 Å². The van der Waals surface area contributed by atoms with Gasteiger partial charge in [-0.25, -0.2) is 14.4 Å². The van der Waals surface area contributed by atoms with Crippen molar-refractivity contribution in [2.24, 2.45) is 0 Å². The highest BCUT2D eigenvalue weighted by Gasteiger charge is 2.25. The Bertz CT molecular complexity index is 1830. The number of benzene rings is 2. The molecule has 1 atom stereocenters. The van der Waals surface area contributed by atoms with Crippen LogP contribution in [-0.2, 0) is 9.59 Å². The van der Waals surface area contributed by atoms with Gasteiger partial charge in [0.1, 0.15) is 24.0 Å². The molecule has 230 valence electrons. The number of nitrogens with zero attached hydrogens (tertiary/aromatic N) is 4. The Morgan fingerprint density at radius 1 is 1.07 bits per heavy atom. The van der Waals surface area contributed by atoms with Gasteiger partial charge in [0.15, 0.2) is 5.76 Å². The number of aliphatic carboxylic acids is 2. The first-order chi connectivity index (χ1) is 21.2. The highest BCUT2D eigenvalue weighted by Crippen LogP contribution is 2.33. The summed E-state index contributed by atoms with van der Waals surface area (Å²) in [5.74, 6) is -0.648. The molecule has 6 rings (SSSR count). The molecular formula is C30H31N5O9. The van der Waals surface area contributed by atoms with Gasteiger partial charge in [-0.2, -0.15) is 0 Å². The number of aryl methyl sites for hydroxylation is 1. The van der Waals surface area contributed by atoms with Crippen molar-refractivity contribution in [3.63, 3.8) is 0 Å². The molecule has 1 fully saturated rings. The van der Waals surface area contributed by atoms with Crippen LogP contribution in [0.4, 0.5) is 0 Å². The summed E-state index contributed by atoms with van der Waals surface area (Å²) in [6, 6.07) is 15.3. The maximum atomic E-state index is 12.5. The number of aromatic amines is 1. The largest absolute Gasteiger partial charge is 0.490 e. The number of para-hydroxylation sites is 2. The number of hydrogen-bond donors (Lipinski definition) is 4. The summed E-state index contributed by atoms with van der Waals surface area (Å²) in [5.41, 5.74) is 2.39. The van der Waals surface area contributed by atoms with E-state index in [0.717, 1.165) is 42.4 Å². The first kappa shape index (κ1) is 30.3. The van der Waals surface area contributed by atoms with E-state index in [1.807, 2.05) is 47.0 Å². The van der Waals surface area contributed by atoms with Crippen molar-refractivity contribution in [1.29, 1.82) is 0 Å². The number of aliphatic hydroxyl groups is 1. The average molecular weight is 606 g/mol. The summed E-state index contributed by atoms with van der Waals surface area (Å²) < 4.78 is 19.1. The number of carbonyl (C=O) groups is 2. The number of carboxylic acid groups (broad SMARTS) is 2. The maximum Gasteiger partial charge on any atom is 0.328 e. The third-order valence-corrected chi connectivity index (χ3v) is 7.07. The number of hydrogen-bond acceptors (Lipinski definition) is 10. The van der Waals surface area contributed by atoms with Crippen LogP contribution in [0.15, 0.2) is 74.3 Å². The van der Waals surface area contributed by atoms with Crippen molar-refractivity contribution in [3.05, 3.63) is 77.1 Å². The number of nitrogens with one attached hydrogen (secondary N) is 1. The molecule has 0 bridgehead atoms. The Hall–Kier alpha value is -5.21. The van der Waals surface area contributed by atoms with Gasteiger partial charge in [-0.05, 0) is 37.1 Å². The first-order valence-electron chi connectivity index (χ1n) is 13.9. The summed E-state index contributed by atoms with van der Waals surface area (Å²) in [4.78, 5) is 36.8. The molecule has 0 amide bonds. The summed E-state index contributed by atoms with van der Waals surface area (Å²) in [5, 5.41) is 34.9. The molecule has 3 aromatic heterocycles. The molecule has 1 saturated heterocycles. The molecule has 1 aliphatic rings. The number of β-amino-alcohol motifs (C(OH)–C–C–N with tert-alkyl or cyclic N) is 1. The normalized spacial score (nSPS) is 15.0. The molecule has 0 radical (unpaired) electrons. The van der Waals surface area contributed by atoms with Crippen LogP contribution < -0.4 is 10.4 Å². The zero-order valence-corrected chi connectivity index (χ0v) is 23.8. The van der Waals surface area contributed by atoms with Crippen LogP contribution in [0.5, 0.6) is 5.75 Å². The second-order valence-electron chi connectivity index (χ2n) is 10.2. The SMILES string of the molecule is Cc1nnc(-c2cc3c(OC[C@@H](O)CN4CCC(n5c(=O)[nH]c6ccccc65)CC4)cccc3o2)o1.O=C(O)C=CC(=O)O. The number of likely N-dealkylation sites (tertiary alicyclic amines) is 1. The number of aliphatic hydroxyl groups excluding tert-OH is 1. The minimum atomic E-state index is -1.26. The first-order valence-corrected chi connectivity index (χ1v) is 13.9.